The lowest BCUT2D eigenvalue weighted by atomic mass is 9.88. The predicted octanol–water partition coefficient (Wildman–Crippen LogP) is 2.63. The van der Waals surface area contributed by atoms with E-state index in [1.54, 1.807) is 17.8 Å². The number of fused-ring (bicyclic) bond motifs is 1. The Morgan fingerprint density at radius 3 is 2.75 bits per heavy atom. The van der Waals surface area contributed by atoms with Crippen LogP contribution in [0.15, 0.2) is 14.5 Å². The number of sulfonamides is 1. The molecule has 1 aromatic rings. The molecule has 16 heavy (non-hydrogen) atoms. The second-order valence-corrected chi connectivity index (χ2v) is 8.54. The number of hydrogen-bond donors (Lipinski definition) is 1. The topological polar surface area (TPSA) is 60.2 Å². The molecule has 0 amide bonds. The van der Waals surface area contributed by atoms with Crippen LogP contribution in [-0.4, -0.2) is 14.2 Å². The van der Waals surface area contributed by atoms with E-state index in [2.05, 4.69) is 13.8 Å². The smallest absolute Gasteiger partial charge is 0.224 e. The van der Waals surface area contributed by atoms with Crippen LogP contribution in [-0.2, 0) is 10.0 Å². The average Bonchev–Trinajstić information content (AvgIpc) is 2.59. The van der Waals surface area contributed by atoms with Gasteiger partial charge in [-0.1, -0.05) is 13.8 Å². The van der Waals surface area contributed by atoms with E-state index in [1.165, 1.54) is 16.9 Å². The third-order valence-corrected chi connectivity index (χ3v) is 6.76. The zero-order valence-corrected chi connectivity index (χ0v) is 11.7. The van der Waals surface area contributed by atoms with Gasteiger partial charge in [0.1, 0.15) is 4.21 Å². The summed E-state index contributed by atoms with van der Waals surface area (Å²) in [6.07, 6.45) is 1.12. The first-order valence-electron chi connectivity index (χ1n) is 5.19. The molecule has 2 heterocycles. The third-order valence-electron chi connectivity index (χ3n) is 2.85. The molecule has 0 saturated carbocycles. The molecule has 1 unspecified atom stereocenters. The minimum absolute atomic E-state index is 0.303. The van der Waals surface area contributed by atoms with Gasteiger partial charge in [-0.15, -0.1) is 23.1 Å². The highest BCUT2D eigenvalue weighted by Gasteiger charge is 2.27. The highest BCUT2D eigenvalue weighted by Crippen LogP contribution is 2.46. The SMILES string of the molecule is CC(C)C1CCSc2sc(S(N)(=O)=O)cc21. The molecule has 0 aromatic carbocycles. The maximum absolute atomic E-state index is 11.3. The summed E-state index contributed by atoms with van der Waals surface area (Å²) in [5.41, 5.74) is 1.18. The Labute approximate surface area is 104 Å². The molecule has 0 spiro atoms. The van der Waals surface area contributed by atoms with Gasteiger partial charge in [-0.05, 0) is 35.6 Å². The first kappa shape index (κ1) is 12.4. The lowest BCUT2D eigenvalue weighted by molar-refractivity contribution is 0.479. The van der Waals surface area contributed by atoms with E-state index in [0.29, 0.717) is 16.0 Å². The van der Waals surface area contributed by atoms with Gasteiger partial charge in [0.15, 0.2) is 0 Å². The van der Waals surface area contributed by atoms with Gasteiger partial charge in [0, 0.05) is 0 Å². The summed E-state index contributed by atoms with van der Waals surface area (Å²) < 4.78 is 24.0. The fourth-order valence-electron chi connectivity index (χ4n) is 2.00. The zero-order chi connectivity index (χ0) is 11.9. The number of thioether (sulfide) groups is 1. The first-order valence-corrected chi connectivity index (χ1v) is 8.53. The molecule has 0 saturated heterocycles. The molecule has 0 aliphatic carbocycles. The predicted molar refractivity (Wildman–Crippen MR) is 68.6 cm³/mol. The van der Waals surface area contributed by atoms with Crippen molar-refractivity contribution < 1.29 is 8.42 Å². The van der Waals surface area contributed by atoms with E-state index < -0.39 is 10.0 Å². The van der Waals surface area contributed by atoms with Crippen LogP contribution in [0.3, 0.4) is 0 Å². The van der Waals surface area contributed by atoms with E-state index in [4.69, 9.17) is 5.14 Å². The van der Waals surface area contributed by atoms with Crippen LogP contribution < -0.4 is 5.14 Å². The zero-order valence-electron chi connectivity index (χ0n) is 9.26. The third kappa shape index (κ3) is 2.30. The molecule has 1 aliphatic rings. The fraction of sp³-hybridized carbons (Fsp3) is 0.600. The summed E-state index contributed by atoms with van der Waals surface area (Å²) in [7, 11) is -3.54. The molecule has 0 fully saturated rings. The van der Waals surface area contributed by atoms with E-state index >= 15 is 0 Å². The van der Waals surface area contributed by atoms with Gasteiger partial charge >= 0.3 is 0 Å². The first-order chi connectivity index (χ1) is 7.39. The van der Waals surface area contributed by atoms with Crippen molar-refractivity contribution in [2.75, 3.05) is 5.75 Å². The molecule has 0 bridgehead atoms. The van der Waals surface area contributed by atoms with Crippen LogP contribution in [0.2, 0.25) is 0 Å². The number of thiophene rings is 1. The van der Waals surface area contributed by atoms with E-state index in [0.717, 1.165) is 16.4 Å². The second kappa shape index (κ2) is 4.33. The molecule has 0 radical (unpaired) electrons. The maximum Gasteiger partial charge on any atom is 0.247 e. The molecule has 2 rings (SSSR count). The summed E-state index contributed by atoms with van der Waals surface area (Å²) in [5, 5.41) is 5.16. The van der Waals surface area contributed by atoms with E-state index in [9.17, 15) is 8.42 Å². The summed E-state index contributed by atoms with van der Waals surface area (Å²) in [6, 6.07) is 1.77. The van der Waals surface area contributed by atoms with Crippen LogP contribution >= 0.6 is 23.1 Å². The molecule has 6 heteroatoms. The average molecular weight is 277 g/mol. The van der Waals surface area contributed by atoms with Crippen molar-refractivity contribution in [2.24, 2.45) is 11.1 Å². The van der Waals surface area contributed by atoms with Crippen LogP contribution in [0.25, 0.3) is 0 Å². The maximum atomic E-state index is 11.3. The molecular weight excluding hydrogens is 262 g/mol. The highest BCUT2D eigenvalue weighted by molar-refractivity contribution is 8.01. The largest absolute Gasteiger partial charge is 0.247 e. The van der Waals surface area contributed by atoms with Crippen molar-refractivity contribution in [3.63, 3.8) is 0 Å². The Morgan fingerprint density at radius 1 is 1.50 bits per heavy atom. The molecule has 1 atom stereocenters. The number of primary sulfonamides is 1. The minimum Gasteiger partial charge on any atom is -0.224 e. The molecule has 1 aliphatic heterocycles. The van der Waals surface area contributed by atoms with Gasteiger partial charge in [-0.25, -0.2) is 13.6 Å². The Hall–Kier alpha value is -0.0400. The minimum atomic E-state index is -3.54. The summed E-state index contributed by atoms with van der Waals surface area (Å²) in [5.74, 6) is 2.09. The van der Waals surface area contributed by atoms with Crippen molar-refractivity contribution in [2.45, 2.75) is 34.6 Å². The molecular formula is C10H15NO2S3. The summed E-state index contributed by atoms with van der Waals surface area (Å²) >= 11 is 3.06. The standard InChI is InChI=1S/C10H15NO2S3/c1-6(2)7-3-4-14-10-8(7)5-9(15-10)16(11,12)13/h5-7H,3-4H2,1-2H3,(H2,11,12,13). The van der Waals surface area contributed by atoms with Crippen molar-refractivity contribution in [1.29, 1.82) is 0 Å². The monoisotopic (exact) mass is 277 g/mol. The van der Waals surface area contributed by atoms with Crippen molar-refractivity contribution >= 4 is 33.1 Å². The summed E-state index contributed by atoms with van der Waals surface area (Å²) in [6.45, 7) is 4.36. The van der Waals surface area contributed by atoms with Crippen molar-refractivity contribution in [1.82, 2.24) is 0 Å². The van der Waals surface area contributed by atoms with Crippen LogP contribution in [0.4, 0.5) is 0 Å². The summed E-state index contributed by atoms with van der Waals surface area (Å²) in [4.78, 5) is 0. The fourth-order valence-corrected chi connectivity index (χ4v) is 5.55. The Bertz CT molecular complexity index is 490. The van der Waals surface area contributed by atoms with Crippen molar-refractivity contribution in [3.05, 3.63) is 11.6 Å². The molecule has 2 N–H and O–H groups in total. The van der Waals surface area contributed by atoms with Gasteiger partial charge in [0.05, 0.1) is 4.21 Å². The van der Waals surface area contributed by atoms with Gasteiger partial charge in [-0.2, -0.15) is 0 Å². The second-order valence-electron chi connectivity index (χ2n) is 4.34. The lowest BCUT2D eigenvalue weighted by Crippen LogP contribution is -2.12. The van der Waals surface area contributed by atoms with Gasteiger partial charge in [-0.3, -0.25) is 0 Å². The Kier molecular flexibility index (Phi) is 3.36. The normalized spacial score (nSPS) is 21.1. The van der Waals surface area contributed by atoms with Gasteiger partial charge in [0.2, 0.25) is 10.0 Å². The van der Waals surface area contributed by atoms with Gasteiger partial charge in [0.25, 0.3) is 0 Å². The highest BCUT2D eigenvalue weighted by atomic mass is 32.3. The van der Waals surface area contributed by atoms with E-state index in [1.807, 2.05) is 0 Å². The Balaban J connectivity index is 2.46. The van der Waals surface area contributed by atoms with E-state index in [-0.39, 0.29) is 0 Å². The molecule has 1 aromatic heterocycles. The number of rotatable bonds is 2. The quantitative estimate of drug-likeness (QED) is 0.904. The Morgan fingerprint density at radius 2 is 2.19 bits per heavy atom. The number of hydrogen-bond acceptors (Lipinski definition) is 4. The van der Waals surface area contributed by atoms with Gasteiger partial charge < -0.3 is 0 Å². The van der Waals surface area contributed by atoms with Crippen LogP contribution in [0.5, 0.6) is 0 Å². The lowest BCUT2D eigenvalue weighted by Gasteiger charge is -2.25. The van der Waals surface area contributed by atoms with Crippen LogP contribution in [0.1, 0.15) is 31.7 Å². The molecule has 90 valence electrons. The number of nitrogens with two attached hydrogens (primary N) is 1. The molecule has 3 nitrogen and oxygen atoms in total. The van der Waals surface area contributed by atoms with Crippen molar-refractivity contribution in [3.8, 4) is 0 Å². The van der Waals surface area contributed by atoms with Crippen LogP contribution in [0, 0.1) is 5.92 Å².